The zero-order valence-electron chi connectivity index (χ0n) is 17.1. The molecule has 2 aliphatic heterocycles. The Labute approximate surface area is 175 Å². The van der Waals surface area contributed by atoms with E-state index in [1.165, 1.54) is 0 Å². The van der Waals surface area contributed by atoms with Crippen molar-refractivity contribution >= 4 is 11.8 Å². The van der Waals surface area contributed by atoms with Gasteiger partial charge in [0.25, 0.3) is 11.8 Å². The number of likely N-dealkylation sites (tertiary alicyclic amines) is 1. The molecule has 1 saturated heterocycles. The van der Waals surface area contributed by atoms with E-state index in [1.54, 1.807) is 23.1 Å². The molecule has 1 N–H and O–H groups in total. The van der Waals surface area contributed by atoms with Gasteiger partial charge in [-0.25, -0.2) is 0 Å². The summed E-state index contributed by atoms with van der Waals surface area (Å²) in [7, 11) is 0. The summed E-state index contributed by atoms with van der Waals surface area (Å²) in [4.78, 5) is 26.9. The first-order chi connectivity index (χ1) is 14.6. The quantitative estimate of drug-likeness (QED) is 0.793. The second-order valence-corrected chi connectivity index (χ2v) is 7.45. The third-order valence-corrected chi connectivity index (χ3v) is 5.52. The SMILES string of the molecule is CCc1ccccc1OCC(=O)N1CCC(NC(=O)c2ccc3c(c2)OCO3)CC1. The van der Waals surface area contributed by atoms with E-state index in [1.807, 2.05) is 24.3 Å². The van der Waals surface area contributed by atoms with Gasteiger partial charge in [-0.1, -0.05) is 25.1 Å². The molecule has 2 aromatic carbocycles. The molecule has 2 amide bonds. The van der Waals surface area contributed by atoms with Gasteiger partial charge in [0.1, 0.15) is 5.75 Å². The molecule has 158 valence electrons. The van der Waals surface area contributed by atoms with E-state index in [0.29, 0.717) is 43.0 Å². The van der Waals surface area contributed by atoms with Crippen LogP contribution in [0.4, 0.5) is 0 Å². The van der Waals surface area contributed by atoms with Gasteiger partial charge in [-0.2, -0.15) is 0 Å². The number of ether oxygens (including phenoxy) is 3. The molecule has 0 spiro atoms. The van der Waals surface area contributed by atoms with E-state index in [-0.39, 0.29) is 31.3 Å². The molecular formula is C23H26N2O5. The molecule has 0 radical (unpaired) electrons. The highest BCUT2D eigenvalue weighted by atomic mass is 16.7. The first-order valence-corrected chi connectivity index (χ1v) is 10.3. The monoisotopic (exact) mass is 410 g/mol. The number of hydrogen-bond acceptors (Lipinski definition) is 5. The van der Waals surface area contributed by atoms with Crippen molar-refractivity contribution in [2.24, 2.45) is 0 Å². The number of carbonyl (C=O) groups excluding carboxylic acids is 2. The Hall–Kier alpha value is -3.22. The van der Waals surface area contributed by atoms with Gasteiger partial charge in [-0.05, 0) is 49.1 Å². The number of piperidine rings is 1. The van der Waals surface area contributed by atoms with Crippen LogP contribution in [0.25, 0.3) is 0 Å². The molecule has 0 unspecified atom stereocenters. The highest BCUT2D eigenvalue weighted by molar-refractivity contribution is 5.95. The van der Waals surface area contributed by atoms with Crippen molar-refractivity contribution in [2.75, 3.05) is 26.5 Å². The van der Waals surface area contributed by atoms with E-state index < -0.39 is 0 Å². The Morgan fingerprint density at radius 2 is 1.87 bits per heavy atom. The van der Waals surface area contributed by atoms with Gasteiger partial charge in [0.05, 0.1) is 0 Å². The van der Waals surface area contributed by atoms with Crippen LogP contribution in [0.2, 0.25) is 0 Å². The van der Waals surface area contributed by atoms with Crippen LogP contribution in [0.15, 0.2) is 42.5 Å². The van der Waals surface area contributed by atoms with Gasteiger partial charge in [0.15, 0.2) is 18.1 Å². The third kappa shape index (κ3) is 4.50. The second-order valence-electron chi connectivity index (χ2n) is 7.45. The van der Waals surface area contributed by atoms with Crippen molar-refractivity contribution in [3.05, 3.63) is 53.6 Å². The minimum atomic E-state index is -0.141. The van der Waals surface area contributed by atoms with E-state index >= 15 is 0 Å². The Balaban J connectivity index is 1.24. The number of amides is 2. The Kier molecular flexibility index (Phi) is 6.07. The summed E-state index contributed by atoms with van der Waals surface area (Å²) < 4.78 is 16.4. The molecule has 0 bridgehead atoms. The molecule has 0 aliphatic carbocycles. The molecule has 7 nitrogen and oxygen atoms in total. The van der Waals surface area contributed by atoms with Gasteiger partial charge in [0, 0.05) is 24.7 Å². The van der Waals surface area contributed by atoms with Crippen LogP contribution >= 0.6 is 0 Å². The lowest BCUT2D eigenvalue weighted by atomic mass is 10.0. The van der Waals surface area contributed by atoms with E-state index in [4.69, 9.17) is 14.2 Å². The summed E-state index contributed by atoms with van der Waals surface area (Å²) in [6.07, 6.45) is 2.29. The Morgan fingerprint density at radius 1 is 1.10 bits per heavy atom. The first kappa shape index (κ1) is 20.1. The fraction of sp³-hybridized carbons (Fsp3) is 0.391. The van der Waals surface area contributed by atoms with Crippen LogP contribution in [-0.4, -0.2) is 49.2 Å². The summed E-state index contributed by atoms with van der Waals surface area (Å²) in [6, 6.07) is 13.0. The van der Waals surface area contributed by atoms with Crippen LogP contribution < -0.4 is 19.5 Å². The third-order valence-electron chi connectivity index (χ3n) is 5.52. The zero-order chi connectivity index (χ0) is 20.9. The smallest absolute Gasteiger partial charge is 0.260 e. The number of aryl methyl sites for hydroxylation is 1. The normalized spacial score (nSPS) is 15.7. The summed E-state index contributed by atoms with van der Waals surface area (Å²) in [5, 5.41) is 3.05. The predicted molar refractivity (Wildman–Crippen MR) is 111 cm³/mol. The van der Waals surface area contributed by atoms with E-state index in [2.05, 4.69) is 12.2 Å². The van der Waals surface area contributed by atoms with E-state index in [0.717, 1.165) is 17.7 Å². The number of para-hydroxylation sites is 1. The maximum Gasteiger partial charge on any atom is 0.260 e. The Morgan fingerprint density at radius 3 is 2.67 bits per heavy atom. The van der Waals surface area contributed by atoms with Crippen LogP contribution in [-0.2, 0) is 11.2 Å². The number of benzene rings is 2. The average molecular weight is 410 g/mol. The maximum absolute atomic E-state index is 12.5. The molecule has 1 fully saturated rings. The predicted octanol–water partition coefficient (Wildman–Crippen LogP) is 2.78. The van der Waals surface area contributed by atoms with E-state index in [9.17, 15) is 9.59 Å². The molecule has 2 aromatic rings. The lowest BCUT2D eigenvalue weighted by Crippen LogP contribution is -2.47. The molecule has 2 heterocycles. The topological polar surface area (TPSA) is 77.1 Å². The lowest BCUT2D eigenvalue weighted by molar-refractivity contribution is -0.134. The number of carbonyl (C=O) groups is 2. The van der Waals surface area contributed by atoms with Crippen molar-refractivity contribution in [3.8, 4) is 17.2 Å². The average Bonchev–Trinajstić information content (AvgIpc) is 3.26. The summed E-state index contributed by atoms with van der Waals surface area (Å²) in [5.41, 5.74) is 1.64. The lowest BCUT2D eigenvalue weighted by Gasteiger charge is -2.32. The Bertz CT molecular complexity index is 922. The van der Waals surface area contributed by atoms with Gasteiger partial charge in [-0.3, -0.25) is 9.59 Å². The van der Waals surface area contributed by atoms with Crippen molar-refractivity contribution in [2.45, 2.75) is 32.2 Å². The molecule has 0 aromatic heterocycles. The highest BCUT2D eigenvalue weighted by Crippen LogP contribution is 2.32. The second kappa shape index (κ2) is 9.07. The fourth-order valence-electron chi connectivity index (χ4n) is 3.75. The molecule has 7 heteroatoms. The largest absolute Gasteiger partial charge is 0.483 e. The summed E-state index contributed by atoms with van der Waals surface area (Å²) in [5.74, 6) is 1.84. The van der Waals surface area contributed by atoms with Gasteiger partial charge in [0.2, 0.25) is 6.79 Å². The van der Waals surface area contributed by atoms with Crippen LogP contribution in [0.1, 0.15) is 35.7 Å². The summed E-state index contributed by atoms with van der Waals surface area (Å²) >= 11 is 0. The number of rotatable bonds is 6. The number of nitrogens with zero attached hydrogens (tertiary/aromatic N) is 1. The highest BCUT2D eigenvalue weighted by Gasteiger charge is 2.25. The number of hydrogen-bond donors (Lipinski definition) is 1. The van der Waals surface area contributed by atoms with Crippen LogP contribution in [0.3, 0.4) is 0 Å². The number of fused-ring (bicyclic) bond motifs is 1. The van der Waals surface area contributed by atoms with Gasteiger partial charge < -0.3 is 24.4 Å². The minimum Gasteiger partial charge on any atom is -0.483 e. The molecule has 30 heavy (non-hydrogen) atoms. The fourth-order valence-corrected chi connectivity index (χ4v) is 3.75. The van der Waals surface area contributed by atoms with Crippen molar-refractivity contribution < 1.29 is 23.8 Å². The van der Waals surface area contributed by atoms with Crippen molar-refractivity contribution in [1.82, 2.24) is 10.2 Å². The van der Waals surface area contributed by atoms with Crippen LogP contribution in [0, 0.1) is 0 Å². The molecule has 0 atom stereocenters. The first-order valence-electron chi connectivity index (χ1n) is 10.3. The molecule has 4 rings (SSSR count). The van der Waals surface area contributed by atoms with Gasteiger partial charge in [-0.15, -0.1) is 0 Å². The maximum atomic E-state index is 12.5. The summed E-state index contributed by atoms with van der Waals surface area (Å²) in [6.45, 7) is 3.48. The van der Waals surface area contributed by atoms with Crippen molar-refractivity contribution in [1.29, 1.82) is 0 Å². The van der Waals surface area contributed by atoms with Crippen molar-refractivity contribution in [3.63, 3.8) is 0 Å². The van der Waals surface area contributed by atoms with Gasteiger partial charge >= 0.3 is 0 Å². The molecular weight excluding hydrogens is 384 g/mol. The van der Waals surface area contributed by atoms with Crippen LogP contribution in [0.5, 0.6) is 17.2 Å². The molecule has 0 saturated carbocycles. The number of nitrogens with one attached hydrogen (secondary N) is 1. The minimum absolute atomic E-state index is 0.0264. The zero-order valence-corrected chi connectivity index (χ0v) is 17.1. The standard InChI is InChI=1S/C23H26N2O5/c1-2-16-5-3-4-6-19(16)28-14-22(26)25-11-9-18(10-12-25)24-23(27)17-7-8-20-21(13-17)30-15-29-20/h3-8,13,18H,2,9-12,14-15H2,1H3,(H,24,27). The molecule has 2 aliphatic rings.